The topological polar surface area (TPSA) is 57.7 Å². The summed E-state index contributed by atoms with van der Waals surface area (Å²) in [7, 11) is 2.15. The van der Waals surface area contributed by atoms with E-state index in [9.17, 15) is 4.79 Å². The molecule has 0 atom stereocenters. The molecule has 6 nitrogen and oxygen atoms in total. The van der Waals surface area contributed by atoms with E-state index in [1.54, 1.807) is 24.5 Å². The molecule has 0 aliphatic carbocycles. The molecule has 0 saturated carbocycles. The number of nitrogens with zero attached hydrogens (tertiary/aromatic N) is 3. The Kier molecular flexibility index (Phi) is 6.79. The van der Waals surface area contributed by atoms with E-state index in [1.807, 2.05) is 30.3 Å². The van der Waals surface area contributed by atoms with E-state index in [2.05, 4.69) is 45.3 Å². The molecule has 1 N–H and O–H groups in total. The maximum atomic E-state index is 12.8. The summed E-state index contributed by atoms with van der Waals surface area (Å²) in [5.74, 6) is 0.550. The number of rotatable bonds is 7. The van der Waals surface area contributed by atoms with Crippen molar-refractivity contribution in [2.24, 2.45) is 0 Å². The van der Waals surface area contributed by atoms with Crippen molar-refractivity contribution < 1.29 is 9.53 Å². The minimum absolute atomic E-state index is 0.111. The SMILES string of the molecule is CN1CCN(c2ccccc2CNC(=O)c2cccc(OCc3cccnc3)c2)CC1. The number of likely N-dealkylation sites (N-methyl/N-ethyl adjacent to an activating group) is 1. The minimum atomic E-state index is -0.111. The van der Waals surface area contributed by atoms with Gasteiger partial charge in [-0.05, 0) is 42.9 Å². The van der Waals surface area contributed by atoms with Crippen molar-refractivity contribution in [1.29, 1.82) is 0 Å². The highest BCUT2D eigenvalue weighted by Gasteiger charge is 2.17. The van der Waals surface area contributed by atoms with Crippen LogP contribution in [0.15, 0.2) is 73.1 Å². The molecule has 1 amide bonds. The van der Waals surface area contributed by atoms with Crippen molar-refractivity contribution in [3.8, 4) is 5.75 Å². The third kappa shape index (κ3) is 5.61. The molecule has 2 heterocycles. The van der Waals surface area contributed by atoms with Crippen LogP contribution in [0.3, 0.4) is 0 Å². The molecular formula is C25H28N4O2. The fourth-order valence-electron chi connectivity index (χ4n) is 3.67. The molecule has 160 valence electrons. The lowest BCUT2D eigenvalue weighted by atomic mass is 10.1. The number of benzene rings is 2. The number of piperazine rings is 1. The predicted octanol–water partition coefficient (Wildman–Crippen LogP) is 3.34. The average molecular weight is 417 g/mol. The van der Waals surface area contributed by atoms with Gasteiger partial charge >= 0.3 is 0 Å². The fourth-order valence-corrected chi connectivity index (χ4v) is 3.67. The predicted molar refractivity (Wildman–Crippen MR) is 122 cm³/mol. The van der Waals surface area contributed by atoms with E-state index in [1.165, 1.54) is 5.69 Å². The second-order valence-electron chi connectivity index (χ2n) is 7.78. The van der Waals surface area contributed by atoms with Crippen molar-refractivity contribution in [3.05, 3.63) is 89.7 Å². The Bertz CT molecular complexity index is 1000. The largest absolute Gasteiger partial charge is 0.489 e. The van der Waals surface area contributed by atoms with Gasteiger partial charge in [0.25, 0.3) is 5.91 Å². The van der Waals surface area contributed by atoms with Gasteiger partial charge in [0.05, 0.1) is 0 Å². The van der Waals surface area contributed by atoms with E-state index in [0.29, 0.717) is 24.5 Å². The normalized spacial score (nSPS) is 14.3. The summed E-state index contributed by atoms with van der Waals surface area (Å²) in [5.41, 5.74) is 3.90. The summed E-state index contributed by atoms with van der Waals surface area (Å²) in [6, 6.07) is 19.4. The Morgan fingerprint density at radius 3 is 2.68 bits per heavy atom. The van der Waals surface area contributed by atoms with Gasteiger partial charge < -0.3 is 19.9 Å². The molecular weight excluding hydrogens is 388 g/mol. The Hall–Kier alpha value is -3.38. The molecule has 0 radical (unpaired) electrons. The maximum absolute atomic E-state index is 12.8. The zero-order valence-electron chi connectivity index (χ0n) is 17.8. The van der Waals surface area contributed by atoms with Gasteiger partial charge in [-0.1, -0.05) is 30.3 Å². The van der Waals surface area contributed by atoms with Crippen LogP contribution in [0.2, 0.25) is 0 Å². The highest BCUT2D eigenvalue weighted by Crippen LogP contribution is 2.22. The first-order chi connectivity index (χ1) is 15.2. The molecule has 0 unspecified atom stereocenters. The smallest absolute Gasteiger partial charge is 0.251 e. The van der Waals surface area contributed by atoms with Crippen LogP contribution in [-0.2, 0) is 13.2 Å². The summed E-state index contributed by atoms with van der Waals surface area (Å²) in [4.78, 5) is 21.6. The fraction of sp³-hybridized carbons (Fsp3) is 0.280. The van der Waals surface area contributed by atoms with Crippen LogP contribution in [0.5, 0.6) is 5.75 Å². The van der Waals surface area contributed by atoms with Crippen molar-refractivity contribution in [2.75, 3.05) is 38.1 Å². The van der Waals surface area contributed by atoms with Crippen LogP contribution in [0.4, 0.5) is 5.69 Å². The molecule has 3 aromatic rings. The van der Waals surface area contributed by atoms with Crippen molar-refractivity contribution in [2.45, 2.75) is 13.2 Å². The van der Waals surface area contributed by atoms with Crippen LogP contribution in [-0.4, -0.2) is 49.0 Å². The number of anilines is 1. The monoisotopic (exact) mass is 416 g/mol. The lowest BCUT2D eigenvalue weighted by molar-refractivity contribution is 0.0950. The number of carbonyl (C=O) groups excluding carboxylic acids is 1. The van der Waals surface area contributed by atoms with Gasteiger partial charge in [0.1, 0.15) is 12.4 Å². The van der Waals surface area contributed by atoms with Crippen molar-refractivity contribution >= 4 is 11.6 Å². The summed E-state index contributed by atoms with van der Waals surface area (Å²) in [6.07, 6.45) is 3.50. The molecule has 4 rings (SSSR count). The molecule has 0 spiro atoms. The van der Waals surface area contributed by atoms with Crippen LogP contribution in [0, 0.1) is 0 Å². The number of aromatic nitrogens is 1. The summed E-state index contributed by atoms with van der Waals surface area (Å²) >= 11 is 0. The summed E-state index contributed by atoms with van der Waals surface area (Å²) in [5, 5.41) is 3.06. The first-order valence-electron chi connectivity index (χ1n) is 10.6. The van der Waals surface area contributed by atoms with E-state index >= 15 is 0 Å². The number of pyridine rings is 1. The van der Waals surface area contributed by atoms with Crippen molar-refractivity contribution in [3.63, 3.8) is 0 Å². The zero-order valence-corrected chi connectivity index (χ0v) is 17.8. The van der Waals surface area contributed by atoms with Crippen LogP contribution in [0.25, 0.3) is 0 Å². The number of nitrogens with one attached hydrogen (secondary N) is 1. The van der Waals surface area contributed by atoms with Gasteiger partial charge in [-0.25, -0.2) is 0 Å². The lowest BCUT2D eigenvalue weighted by Crippen LogP contribution is -2.45. The summed E-state index contributed by atoms with van der Waals surface area (Å²) < 4.78 is 5.82. The van der Waals surface area contributed by atoms with E-state index in [-0.39, 0.29) is 5.91 Å². The highest BCUT2D eigenvalue weighted by atomic mass is 16.5. The van der Waals surface area contributed by atoms with Gasteiger partial charge in [0, 0.05) is 61.9 Å². The number of para-hydroxylation sites is 1. The first kappa shape index (κ1) is 20.9. The minimum Gasteiger partial charge on any atom is -0.489 e. The van der Waals surface area contributed by atoms with E-state index < -0.39 is 0 Å². The van der Waals surface area contributed by atoms with Gasteiger partial charge in [0.2, 0.25) is 0 Å². The van der Waals surface area contributed by atoms with Gasteiger partial charge in [0.15, 0.2) is 0 Å². The second-order valence-corrected chi connectivity index (χ2v) is 7.78. The molecule has 1 aliphatic heterocycles. The highest BCUT2D eigenvalue weighted by molar-refractivity contribution is 5.94. The molecule has 1 aliphatic rings. The third-order valence-corrected chi connectivity index (χ3v) is 5.50. The Balaban J connectivity index is 1.37. The molecule has 1 aromatic heterocycles. The molecule has 0 bridgehead atoms. The van der Waals surface area contributed by atoms with Gasteiger partial charge in [-0.2, -0.15) is 0 Å². The van der Waals surface area contributed by atoms with Crippen LogP contribution in [0.1, 0.15) is 21.5 Å². The lowest BCUT2D eigenvalue weighted by Gasteiger charge is -2.35. The quantitative estimate of drug-likeness (QED) is 0.640. The Morgan fingerprint density at radius 2 is 1.87 bits per heavy atom. The third-order valence-electron chi connectivity index (χ3n) is 5.50. The standard InChI is InChI=1S/C25H28N4O2/c1-28-12-14-29(15-13-28)24-10-3-2-7-22(24)18-27-25(30)21-8-4-9-23(16-21)31-19-20-6-5-11-26-17-20/h2-11,16-17H,12-15,18-19H2,1H3,(H,27,30). The second kappa shape index (κ2) is 10.1. The molecule has 2 aromatic carbocycles. The molecule has 31 heavy (non-hydrogen) atoms. The Labute approximate surface area is 183 Å². The van der Waals surface area contributed by atoms with E-state index in [0.717, 1.165) is 37.3 Å². The number of carbonyl (C=O) groups is 1. The molecule has 1 saturated heterocycles. The van der Waals surface area contributed by atoms with Gasteiger partial charge in [-0.15, -0.1) is 0 Å². The number of hydrogen-bond donors (Lipinski definition) is 1. The number of hydrogen-bond acceptors (Lipinski definition) is 5. The molecule has 6 heteroatoms. The Morgan fingerprint density at radius 1 is 1.03 bits per heavy atom. The molecule has 1 fully saturated rings. The maximum Gasteiger partial charge on any atom is 0.251 e. The van der Waals surface area contributed by atoms with Crippen LogP contribution >= 0.6 is 0 Å². The zero-order chi connectivity index (χ0) is 21.5. The average Bonchev–Trinajstić information content (AvgIpc) is 2.83. The number of amides is 1. The van der Waals surface area contributed by atoms with Gasteiger partial charge in [-0.3, -0.25) is 9.78 Å². The van der Waals surface area contributed by atoms with Crippen LogP contribution < -0.4 is 15.0 Å². The first-order valence-corrected chi connectivity index (χ1v) is 10.6. The van der Waals surface area contributed by atoms with Crippen molar-refractivity contribution in [1.82, 2.24) is 15.2 Å². The number of ether oxygens (including phenoxy) is 1. The summed E-state index contributed by atoms with van der Waals surface area (Å²) in [6.45, 7) is 4.99. The van der Waals surface area contributed by atoms with E-state index in [4.69, 9.17) is 4.74 Å².